The first-order valence-corrected chi connectivity index (χ1v) is 9.47. The van der Waals surface area contributed by atoms with Crippen LogP contribution in [0.25, 0.3) is 0 Å². The molecule has 1 aliphatic carbocycles. The first-order chi connectivity index (χ1) is 14.0. The molecule has 0 atom stereocenters. The Bertz CT molecular complexity index is 910. The summed E-state index contributed by atoms with van der Waals surface area (Å²) in [5, 5.41) is 6.57. The Labute approximate surface area is 170 Å². The van der Waals surface area contributed by atoms with Crippen LogP contribution in [0.15, 0.2) is 47.5 Å². The van der Waals surface area contributed by atoms with E-state index in [0.29, 0.717) is 30.4 Å². The molecule has 154 valence electrons. The molecule has 1 aliphatic rings. The molecule has 6 nitrogen and oxygen atoms in total. The van der Waals surface area contributed by atoms with Crippen molar-refractivity contribution in [2.24, 2.45) is 4.99 Å². The number of hydrogen-bond donors (Lipinski definition) is 2. The predicted octanol–water partition coefficient (Wildman–Crippen LogP) is 3.02. The van der Waals surface area contributed by atoms with Gasteiger partial charge in [-0.2, -0.15) is 0 Å². The molecule has 0 bridgehead atoms. The van der Waals surface area contributed by atoms with E-state index in [-0.39, 0.29) is 11.2 Å². The zero-order chi connectivity index (χ0) is 20.9. The zero-order valence-corrected chi connectivity index (χ0v) is 16.9. The second kappa shape index (κ2) is 8.94. The SMILES string of the molecule is CN=C(NCc1ccc(OC)c(C(=O)OC)c1)NCC1(c2cccc(F)c2)CC1. The van der Waals surface area contributed by atoms with Gasteiger partial charge in [0.2, 0.25) is 0 Å². The molecule has 0 spiro atoms. The molecule has 0 heterocycles. The number of esters is 1. The van der Waals surface area contributed by atoms with Crippen LogP contribution in [-0.2, 0) is 16.7 Å². The van der Waals surface area contributed by atoms with Gasteiger partial charge in [-0.25, -0.2) is 9.18 Å². The van der Waals surface area contributed by atoms with E-state index < -0.39 is 5.97 Å². The molecule has 0 amide bonds. The molecule has 0 aromatic heterocycles. The highest BCUT2D eigenvalue weighted by Crippen LogP contribution is 2.47. The van der Waals surface area contributed by atoms with Crippen molar-refractivity contribution in [2.45, 2.75) is 24.8 Å². The highest BCUT2D eigenvalue weighted by atomic mass is 19.1. The monoisotopic (exact) mass is 399 g/mol. The summed E-state index contributed by atoms with van der Waals surface area (Å²) < 4.78 is 23.6. The second-order valence-electron chi connectivity index (χ2n) is 7.10. The third kappa shape index (κ3) is 4.85. The van der Waals surface area contributed by atoms with Gasteiger partial charge in [-0.3, -0.25) is 4.99 Å². The fourth-order valence-electron chi connectivity index (χ4n) is 3.33. The Morgan fingerprint density at radius 1 is 1.17 bits per heavy atom. The summed E-state index contributed by atoms with van der Waals surface area (Å²) >= 11 is 0. The van der Waals surface area contributed by atoms with Gasteiger partial charge in [0, 0.05) is 25.6 Å². The molecular formula is C22H26FN3O3. The number of carbonyl (C=O) groups is 1. The number of benzene rings is 2. The predicted molar refractivity (Wildman–Crippen MR) is 110 cm³/mol. The van der Waals surface area contributed by atoms with Crippen molar-refractivity contribution >= 4 is 11.9 Å². The maximum absolute atomic E-state index is 13.6. The molecule has 3 rings (SSSR count). The molecule has 2 aromatic carbocycles. The van der Waals surface area contributed by atoms with Crippen LogP contribution in [0.1, 0.15) is 34.3 Å². The largest absolute Gasteiger partial charge is 0.496 e. The number of hydrogen-bond acceptors (Lipinski definition) is 4. The average Bonchev–Trinajstić information content (AvgIpc) is 3.54. The number of rotatable bonds is 7. The molecule has 1 fully saturated rings. The van der Waals surface area contributed by atoms with E-state index in [1.165, 1.54) is 20.3 Å². The number of nitrogens with zero attached hydrogens (tertiary/aromatic N) is 1. The molecular weight excluding hydrogens is 373 g/mol. The summed E-state index contributed by atoms with van der Waals surface area (Å²) in [6, 6.07) is 12.1. The Morgan fingerprint density at radius 3 is 2.59 bits per heavy atom. The number of nitrogens with one attached hydrogen (secondary N) is 2. The van der Waals surface area contributed by atoms with E-state index in [1.54, 1.807) is 31.3 Å². The Kier molecular flexibility index (Phi) is 6.36. The zero-order valence-electron chi connectivity index (χ0n) is 16.9. The van der Waals surface area contributed by atoms with Crippen LogP contribution in [0.2, 0.25) is 0 Å². The Morgan fingerprint density at radius 2 is 1.97 bits per heavy atom. The smallest absolute Gasteiger partial charge is 0.341 e. The lowest BCUT2D eigenvalue weighted by atomic mass is 9.96. The van der Waals surface area contributed by atoms with Gasteiger partial charge in [0.15, 0.2) is 5.96 Å². The fraction of sp³-hybridized carbons (Fsp3) is 0.364. The topological polar surface area (TPSA) is 72.0 Å². The first kappa shape index (κ1) is 20.6. The van der Waals surface area contributed by atoms with Crippen LogP contribution in [0, 0.1) is 5.82 Å². The molecule has 1 saturated carbocycles. The number of aliphatic imine (C=N–C) groups is 1. The average molecular weight is 399 g/mol. The molecule has 2 N–H and O–H groups in total. The lowest BCUT2D eigenvalue weighted by Gasteiger charge is -2.19. The van der Waals surface area contributed by atoms with E-state index in [9.17, 15) is 9.18 Å². The molecule has 0 saturated heterocycles. The van der Waals surface area contributed by atoms with Crippen LogP contribution in [0.5, 0.6) is 5.75 Å². The minimum atomic E-state index is -0.447. The number of guanidine groups is 1. The van der Waals surface area contributed by atoms with Crippen molar-refractivity contribution in [1.82, 2.24) is 10.6 Å². The van der Waals surface area contributed by atoms with Crippen molar-refractivity contribution in [3.63, 3.8) is 0 Å². The molecule has 0 aliphatic heterocycles. The van der Waals surface area contributed by atoms with Crippen molar-refractivity contribution in [3.8, 4) is 5.75 Å². The van der Waals surface area contributed by atoms with E-state index in [1.807, 2.05) is 12.1 Å². The Hall–Kier alpha value is -3.09. The van der Waals surface area contributed by atoms with E-state index in [2.05, 4.69) is 15.6 Å². The van der Waals surface area contributed by atoms with Crippen molar-refractivity contribution < 1.29 is 18.7 Å². The summed E-state index contributed by atoms with van der Waals surface area (Å²) in [6.45, 7) is 1.15. The summed E-state index contributed by atoms with van der Waals surface area (Å²) in [5.41, 5.74) is 2.23. The highest BCUT2D eigenvalue weighted by Gasteiger charge is 2.44. The lowest BCUT2D eigenvalue weighted by molar-refractivity contribution is 0.0597. The molecule has 2 aromatic rings. The summed E-state index contributed by atoms with van der Waals surface area (Å²) in [5.74, 6) is 0.450. The fourth-order valence-corrected chi connectivity index (χ4v) is 3.33. The maximum Gasteiger partial charge on any atom is 0.341 e. The first-order valence-electron chi connectivity index (χ1n) is 9.47. The summed E-state index contributed by atoms with van der Waals surface area (Å²) in [6.07, 6.45) is 2.03. The van der Waals surface area contributed by atoms with E-state index in [4.69, 9.17) is 9.47 Å². The van der Waals surface area contributed by atoms with Crippen molar-refractivity contribution in [2.75, 3.05) is 27.8 Å². The Balaban J connectivity index is 1.61. The van der Waals surface area contributed by atoms with Gasteiger partial charge >= 0.3 is 5.97 Å². The summed E-state index contributed by atoms with van der Waals surface area (Å²) in [7, 11) is 4.55. The molecule has 29 heavy (non-hydrogen) atoms. The number of methoxy groups -OCH3 is 2. The van der Waals surface area contributed by atoms with Gasteiger partial charge in [0.05, 0.1) is 14.2 Å². The number of halogens is 1. The highest BCUT2D eigenvalue weighted by molar-refractivity contribution is 5.92. The van der Waals surface area contributed by atoms with Crippen molar-refractivity contribution in [1.29, 1.82) is 0 Å². The van der Waals surface area contributed by atoms with Crippen LogP contribution in [0.4, 0.5) is 4.39 Å². The van der Waals surface area contributed by atoms with Crippen LogP contribution >= 0.6 is 0 Å². The molecule has 0 unspecified atom stereocenters. The van der Waals surface area contributed by atoms with Gasteiger partial charge in [0.1, 0.15) is 17.1 Å². The second-order valence-corrected chi connectivity index (χ2v) is 7.10. The van der Waals surface area contributed by atoms with E-state index in [0.717, 1.165) is 24.0 Å². The number of ether oxygens (including phenoxy) is 2. The quantitative estimate of drug-likeness (QED) is 0.425. The van der Waals surface area contributed by atoms with Crippen LogP contribution in [-0.4, -0.2) is 39.7 Å². The normalized spacial score (nSPS) is 14.8. The minimum Gasteiger partial charge on any atom is -0.496 e. The minimum absolute atomic E-state index is 0.0438. The van der Waals surface area contributed by atoms with Gasteiger partial charge < -0.3 is 20.1 Å². The lowest BCUT2D eigenvalue weighted by Crippen LogP contribution is -2.40. The maximum atomic E-state index is 13.6. The van der Waals surface area contributed by atoms with Gasteiger partial charge in [0.25, 0.3) is 0 Å². The number of carbonyl (C=O) groups excluding carboxylic acids is 1. The van der Waals surface area contributed by atoms with Crippen molar-refractivity contribution in [3.05, 3.63) is 65.0 Å². The molecule has 7 heteroatoms. The van der Waals surface area contributed by atoms with E-state index >= 15 is 0 Å². The standard InChI is InChI=1S/C22H26FN3O3/c1-24-21(26-14-22(9-10-22)16-5-4-6-17(23)12-16)25-13-15-7-8-19(28-2)18(11-15)20(27)29-3/h4-8,11-12H,9-10,13-14H2,1-3H3,(H2,24,25,26). The summed E-state index contributed by atoms with van der Waals surface area (Å²) in [4.78, 5) is 16.2. The van der Waals surface area contributed by atoms with Gasteiger partial charge in [-0.15, -0.1) is 0 Å². The van der Waals surface area contributed by atoms with Gasteiger partial charge in [-0.1, -0.05) is 18.2 Å². The van der Waals surface area contributed by atoms with Gasteiger partial charge in [-0.05, 0) is 48.2 Å². The molecule has 0 radical (unpaired) electrons. The van der Waals surface area contributed by atoms with Crippen LogP contribution < -0.4 is 15.4 Å². The third-order valence-electron chi connectivity index (χ3n) is 5.24. The third-order valence-corrected chi connectivity index (χ3v) is 5.24. The van der Waals surface area contributed by atoms with Crippen LogP contribution in [0.3, 0.4) is 0 Å².